The average Bonchev–Trinajstić information content (AvgIpc) is 2.73. The van der Waals surface area contributed by atoms with E-state index in [4.69, 9.17) is 0 Å². The molecule has 0 bridgehead atoms. The SMILES string of the molecule is O=C(O)c1sc2cccc(F)c2c1CNC1CC(O)C1. The van der Waals surface area contributed by atoms with E-state index in [1.54, 1.807) is 12.1 Å². The quantitative estimate of drug-likeness (QED) is 0.810. The summed E-state index contributed by atoms with van der Waals surface area (Å²) in [7, 11) is 0. The molecule has 1 aromatic heterocycles. The zero-order valence-electron chi connectivity index (χ0n) is 10.6. The highest BCUT2D eigenvalue weighted by Gasteiger charge is 2.28. The zero-order chi connectivity index (χ0) is 14.3. The molecule has 2 aromatic rings. The minimum absolute atomic E-state index is 0.174. The summed E-state index contributed by atoms with van der Waals surface area (Å²) in [6.07, 6.45) is 1.04. The van der Waals surface area contributed by atoms with Crippen LogP contribution in [-0.4, -0.2) is 28.3 Å². The van der Waals surface area contributed by atoms with Crippen molar-refractivity contribution >= 4 is 27.4 Å². The van der Waals surface area contributed by atoms with Crippen molar-refractivity contribution in [3.8, 4) is 0 Å². The summed E-state index contributed by atoms with van der Waals surface area (Å²) in [5.74, 6) is -1.42. The van der Waals surface area contributed by atoms with Crippen LogP contribution in [0.1, 0.15) is 28.1 Å². The molecule has 0 radical (unpaired) electrons. The highest BCUT2D eigenvalue weighted by atomic mass is 32.1. The number of rotatable bonds is 4. The fourth-order valence-corrected chi connectivity index (χ4v) is 3.58. The summed E-state index contributed by atoms with van der Waals surface area (Å²) >= 11 is 1.10. The van der Waals surface area contributed by atoms with Gasteiger partial charge in [0.1, 0.15) is 10.7 Å². The number of fused-ring (bicyclic) bond motifs is 1. The van der Waals surface area contributed by atoms with Crippen LogP contribution in [0.15, 0.2) is 18.2 Å². The number of nitrogens with one attached hydrogen (secondary N) is 1. The lowest BCUT2D eigenvalue weighted by Gasteiger charge is -2.32. The van der Waals surface area contributed by atoms with E-state index in [9.17, 15) is 19.4 Å². The summed E-state index contributed by atoms with van der Waals surface area (Å²) in [6, 6.07) is 4.83. The molecule has 106 valence electrons. The second kappa shape index (κ2) is 5.12. The average molecular weight is 295 g/mol. The predicted octanol–water partition coefficient (Wildman–Crippen LogP) is 2.35. The van der Waals surface area contributed by atoms with E-state index in [1.807, 2.05) is 0 Å². The Bertz CT molecular complexity index is 664. The van der Waals surface area contributed by atoms with Gasteiger partial charge in [-0.2, -0.15) is 0 Å². The standard InChI is InChI=1S/C14H14FNO3S/c15-10-2-1-3-11-12(10)9(13(20-11)14(18)19)6-16-7-4-8(17)5-7/h1-3,7-8,16-17H,4-6H2,(H,18,19). The number of aliphatic hydroxyl groups is 1. The maximum atomic E-state index is 14.0. The molecule has 0 atom stereocenters. The van der Waals surface area contributed by atoms with Gasteiger partial charge in [0.05, 0.1) is 6.10 Å². The topological polar surface area (TPSA) is 69.6 Å². The first kappa shape index (κ1) is 13.5. The van der Waals surface area contributed by atoms with Crippen LogP contribution < -0.4 is 5.32 Å². The molecule has 20 heavy (non-hydrogen) atoms. The second-order valence-electron chi connectivity index (χ2n) is 5.03. The fourth-order valence-electron chi connectivity index (χ4n) is 2.51. The van der Waals surface area contributed by atoms with Crippen molar-refractivity contribution in [1.29, 1.82) is 0 Å². The molecule has 1 aliphatic carbocycles. The van der Waals surface area contributed by atoms with Gasteiger partial charge in [0, 0.05) is 28.2 Å². The molecule has 3 N–H and O–H groups in total. The number of aromatic carboxylic acids is 1. The van der Waals surface area contributed by atoms with E-state index in [0.717, 1.165) is 11.3 Å². The molecule has 6 heteroatoms. The number of carboxylic acids is 1. The summed E-state index contributed by atoms with van der Waals surface area (Å²) in [4.78, 5) is 11.5. The highest BCUT2D eigenvalue weighted by molar-refractivity contribution is 7.21. The molecular weight excluding hydrogens is 281 g/mol. The zero-order valence-corrected chi connectivity index (χ0v) is 11.4. The smallest absolute Gasteiger partial charge is 0.346 e. The van der Waals surface area contributed by atoms with E-state index in [0.29, 0.717) is 35.0 Å². The molecule has 4 nitrogen and oxygen atoms in total. The first-order chi connectivity index (χ1) is 9.56. The normalized spacial score (nSPS) is 21.9. The van der Waals surface area contributed by atoms with Crippen molar-refractivity contribution < 1.29 is 19.4 Å². The van der Waals surface area contributed by atoms with E-state index in [1.165, 1.54) is 6.07 Å². The Kier molecular flexibility index (Phi) is 3.45. The van der Waals surface area contributed by atoms with Crippen LogP contribution in [0, 0.1) is 5.82 Å². The van der Waals surface area contributed by atoms with E-state index in [-0.39, 0.29) is 17.0 Å². The van der Waals surface area contributed by atoms with Crippen LogP contribution in [0.2, 0.25) is 0 Å². The molecule has 0 aliphatic heterocycles. The van der Waals surface area contributed by atoms with Gasteiger partial charge in [-0.1, -0.05) is 6.07 Å². The molecule has 0 amide bonds. The molecular formula is C14H14FNO3S. The minimum Gasteiger partial charge on any atom is -0.477 e. The summed E-state index contributed by atoms with van der Waals surface area (Å²) < 4.78 is 14.6. The molecule has 1 heterocycles. The first-order valence-electron chi connectivity index (χ1n) is 6.41. The van der Waals surface area contributed by atoms with Gasteiger partial charge >= 0.3 is 5.97 Å². The molecule has 0 saturated heterocycles. The number of halogens is 1. The molecule has 0 unspecified atom stereocenters. The van der Waals surface area contributed by atoms with Gasteiger partial charge in [0.2, 0.25) is 0 Å². The van der Waals surface area contributed by atoms with Crippen molar-refractivity contribution in [2.24, 2.45) is 0 Å². The largest absolute Gasteiger partial charge is 0.477 e. The van der Waals surface area contributed by atoms with E-state index < -0.39 is 11.8 Å². The van der Waals surface area contributed by atoms with Gasteiger partial charge in [0.25, 0.3) is 0 Å². The number of carboxylic acid groups (broad SMARTS) is 1. The van der Waals surface area contributed by atoms with Gasteiger partial charge in [-0.3, -0.25) is 0 Å². The van der Waals surface area contributed by atoms with Crippen LogP contribution in [0.4, 0.5) is 4.39 Å². The van der Waals surface area contributed by atoms with Gasteiger partial charge in [0.15, 0.2) is 0 Å². The first-order valence-corrected chi connectivity index (χ1v) is 7.22. The Hall–Kier alpha value is -1.50. The summed E-state index contributed by atoms with van der Waals surface area (Å²) in [5.41, 5.74) is 0.497. The Labute approximate surface area is 118 Å². The number of thiophene rings is 1. The number of aliphatic hydroxyl groups excluding tert-OH is 1. The van der Waals surface area contributed by atoms with Gasteiger partial charge in [-0.25, -0.2) is 9.18 Å². The summed E-state index contributed by atoms with van der Waals surface area (Å²) in [5, 5.41) is 22.1. The fraction of sp³-hybridized carbons (Fsp3) is 0.357. The Morgan fingerprint density at radius 2 is 2.20 bits per heavy atom. The third kappa shape index (κ3) is 2.30. The lowest BCUT2D eigenvalue weighted by Crippen LogP contribution is -2.43. The van der Waals surface area contributed by atoms with Crippen LogP contribution in [0.3, 0.4) is 0 Å². The van der Waals surface area contributed by atoms with Gasteiger partial charge in [-0.05, 0) is 25.0 Å². The molecule has 0 spiro atoms. The Morgan fingerprint density at radius 1 is 1.45 bits per heavy atom. The van der Waals surface area contributed by atoms with Gasteiger partial charge in [-0.15, -0.1) is 11.3 Å². The van der Waals surface area contributed by atoms with Crippen LogP contribution in [0.5, 0.6) is 0 Å². The molecule has 1 saturated carbocycles. The number of hydrogen-bond acceptors (Lipinski definition) is 4. The van der Waals surface area contributed by atoms with Crippen LogP contribution >= 0.6 is 11.3 Å². The summed E-state index contributed by atoms with van der Waals surface area (Å²) in [6.45, 7) is 0.306. The maximum absolute atomic E-state index is 14.0. The van der Waals surface area contributed by atoms with Crippen LogP contribution in [-0.2, 0) is 6.54 Å². The van der Waals surface area contributed by atoms with Crippen molar-refractivity contribution in [3.05, 3.63) is 34.5 Å². The maximum Gasteiger partial charge on any atom is 0.346 e. The second-order valence-corrected chi connectivity index (χ2v) is 6.08. The van der Waals surface area contributed by atoms with Crippen molar-refractivity contribution in [1.82, 2.24) is 5.32 Å². The van der Waals surface area contributed by atoms with E-state index in [2.05, 4.69) is 5.32 Å². The lowest BCUT2D eigenvalue weighted by atomic mass is 9.89. The number of hydrogen-bond donors (Lipinski definition) is 3. The van der Waals surface area contributed by atoms with Crippen molar-refractivity contribution in [3.63, 3.8) is 0 Å². The number of carbonyl (C=O) groups is 1. The molecule has 1 fully saturated rings. The molecule has 1 aromatic carbocycles. The molecule has 1 aliphatic rings. The lowest BCUT2D eigenvalue weighted by molar-refractivity contribution is 0.0614. The van der Waals surface area contributed by atoms with Crippen molar-refractivity contribution in [2.75, 3.05) is 0 Å². The predicted molar refractivity (Wildman–Crippen MR) is 74.6 cm³/mol. The van der Waals surface area contributed by atoms with Crippen molar-refractivity contribution in [2.45, 2.75) is 31.5 Å². The highest BCUT2D eigenvalue weighted by Crippen LogP contribution is 2.33. The number of benzene rings is 1. The van der Waals surface area contributed by atoms with Gasteiger partial charge < -0.3 is 15.5 Å². The molecule has 3 rings (SSSR count). The Morgan fingerprint density at radius 3 is 2.85 bits per heavy atom. The Balaban J connectivity index is 1.94. The minimum atomic E-state index is -1.03. The third-order valence-corrected chi connectivity index (χ3v) is 4.82. The third-order valence-electron chi connectivity index (χ3n) is 3.64. The monoisotopic (exact) mass is 295 g/mol. The van der Waals surface area contributed by atoms with E-state index >= 15 is 0 Å². The van der Waals surface area contributed by atoms with Crippen LogP contribution in [0.25, 0.3) is 10.1 Å².